The molecule has 128 valence electrons. The molecule has 1 aromatic carbocycles. The van der Waals surface area contributed by atoms with Crippen LogP contribution in [0.4, 0.5) is 0 Å². The number of aromatic nitrogens is 1. The molecule has 5 nitrogen and oxygen atoms in total. The van der Waals surface area contributed by atoms with Crippen LogP contribution < -0.4 is 5.32 Å². The van der Waals surface area contributed by atoms with Gasteiger partial charge in [-0.3, -0.25) is 9.78 Å². The number of carbonyl (C=O) groups is 1. The number of thiophene rings is 1. The maximum atomic E-state index is 12.6. The summed E-state index contributed by atoms with van der Waals surface area (Å²) in [5, 5.41) is 2.76. The smallest absolute Gasteiger partial charge is 0.261 e. The van der Waals surface area contributed by atoms with Gasteiger partial charge in [-0.1, -0.05) is 23.8 Å². The van der Waals surface area contributed by atoms with Gasteiger partial charge in [0.05, 0.1) is 9.77 Å². The van der Waals surface area contributed by atoms with Crippen molar-refractivity contribution in [2.24, 2.45) is 0 Å². The summed E-state index contributed by atoms with van der Waals surface area (Å²) in [7, 11) is -3.61. The van der Waals surface area contributed by atoms with Gasteiger partial charge in [0.25, 0.3) is 5.91 Å². The Bertz CT molecular complexity index is 979. The molecule has 2 aromatic heterocycles. The molecule has 0 atom stereocenters. The summed E-state index contributed by atoms with van der Waals surface area (Å²) < 4.78 is 25.4. The first kappa shape index (κ1) is 17.3. The average Bonchev–Trinajstić information content (AvgIpc) is 3.12. The maximum absolute atomic E-state index is 12.6. The van der Waals surface area contributed by atoms with Crippen molar-refractivity contribution in [3.05, 3.63) is 76.9 Å². The van der Waals surface area contributed by atoms with Crippen molar-refractivity contribution in [2.45, 2.75) is 22.6 Å². The Balaban J connectivity index is 1.75. The van der Waals surface area contributed by atoms with E-state index in [1.54, 1.807) is 42.7 Å². The van der Waals surface area contributed by atoms with E-state index >= 15 is 0 Å². The molecule has 0 radical (unpaired) electrons. The SMILES string of the molecule is Cc1ccc(S(=O)(=O)c2ccc(C(=O)NCc3cccnc3)s2)cc1. The van der Waals surface area contributed by atoms with E-state index in [0.29, 0.717) is 11.4 Å². The summed E-state index contributed by atoms with van der Waals surface area (Å²) >= 11 is 0.966. The van der Waals surface area contributed by atoms with Gasteiger partial charge in [-0.2, -0.15) is 0 Å². The number of hydrogen-bond donors (Lipinski definition) is 1. The fourth-order valence-electron chi connectivity index (χ4n) is 2.19. The predicted molar refractivity (Wildman–Crippen MR) is 96.4 cm³/mol. The van der Waals surface area contributed by atoms with Crippen LogP contribution in [-0.2, 0) is 16.4 Å². The van der Waals surface area contributed by atoms with Gasteiger partial charge in [0.15, 0.2) is 0 Å². The summed E-state index contributed by atoms with van der Waals surface area (Å²) in [4.78, 5) is 16.8. The van der Waals surface area contributed by atoms with Crippen molar-refractivity contribution < 1.29 is 13.2 Å². The van der Waals surface area contributed by atoms with E-state index in [-0.39, 0.29) is 15.0 Å². The zero-order valence-electron chi connectivity index (χ0n) is 13.5. The van der Waals surface area contributed by atoms with Crippen molar-refractivity contribution in [3.8, 4) is 0 Å². The quantitative estimate of drug-likeness (QED) is 0.746. The largest absolute Gasteiger partial charge is 0.347 e. The van der Waals surface area contributed by atoms with Gasteiger partial charge in [-0.05, 0) is 42.8 Å². The highest BCUT2D eigenvalue weighted by Crippen LogP contribution is 2.28. The number of amides is 1. The molecule has 25 heavy (non-hydrogen) atoms. The second-order valence-corrected chi connectivity index (χ2v) is 8.74. The molecule has 0 unspecified atom stereocenters. The number of nitrogens with zero attached hydrogens (tertiary/aromatic N) is 1. The zero-order chi connectivity index (χ0) is 17.9. The molecule has 0 saturated heterocycles. The molecule has 3 aromatic rings. The number of benzene rings is 1. The van der Waals surface area contributed by atoms with Crippen molar-refractivity contribution in [3.63, 3.8) is 0 Å². The molecule has 2 heterocycles. The Morgan fingerprint density at radius 1 is 1.12 bits per heavy atom. The average molecular weight is 372 g/mol. The third kappa shape index (κ3) is 3.94. The van der Waals surface area contributed by atoms with Gasteiger partial charge < -0.3 is 5.32 Å². The molecule has 7 heteroatoms. The number of sulfone groups is 1. The highest BCUT2D eigenvalue weighted by Gasteiger charge is 2.21. The minimum absolute atomic E-state index is 0.155. The molecule has 1 N–H and O–H groups in total. The van der Waals surface area contributed by atoms with Gasteiger partial charge >= 0.3 is 0 Å². The fraction of sp³-hybridized carbons (Fsp3) is 0.111. The van der Waals surface area contributed by atoms with Gasteiger partial charge in [0.1, 0.15) is 4.21 Å². The summed E-state index contributed by atoms with van der Waals surface area (Å²) in [5.41, 5.74) is 1.86. The van der Waals surface area contributed by atoms with E-state index in [2.05, 4.69) is 10.3 Å². The molecule has 0 aliphatic heterocycles. The number of aryl methyl sites for hydroxylation is 1. The number of nitrogens with one attached hydrogen (secondary N) is 1. The van der Waals surface area contributed by atoms with Crippen LogP contribution >= 0.6 is 11.3 Å². The summed E-state index contributed by atoms with van der Waals surface area (Å²) in [6.45, 7) is 2.23. The minimum atomic E-state index is -3.61. The first-order valence-electron chi connectivity index (χ1n) is 7.55. The fourth-order valence-corrected chi connectivity index (χ4v) is 4.82. The van der Waals surface area contributed by atoms with Gasteiger partial charge in [0, 0.05) is 18.9 Å². The molecular weight excluding hydrogens is 356 g/mol. The van der Waals surface area contributed by atoms with E-state index in [1.165, 1.54) is 12.1 Å². The third-order valence-corrected chi connectivity index (χ3v) is 6.92. The molecule has 0 aliphatic carbocycles. The Morgan fingerprint density at radius 3 is 2.56 bits per heavy atom. The highest BCUT2D eigenvalue weighted by molar-refractivity contribution is 7.93. The van der Waals surface area contributed by atoms with Crippen LogP contribution in [0.5, 0.6) is 0 Å². The van der Waals surface area contributed by atoms with Crippen LogP contribution in [0.3, 0.4) is 0 Å². The number of hydrogen-bond acceptors (Lipinski definition) is 5. The molecule has 0 fully saturated rings. The summed E-state index contributed by atoms with van der Waals surface area (Å²) in [6, 6.07) is 13.3. The Kier molecular flexibility index (Phi) is 4.96. The van der Waals surface area contributed by atoms with Crippen molar-refractivity contribution >= 4 is 27.1 Å². The van der Waals surface area contributed by atoms with E-state index in [9.17, 15) is 13.2 Å². The van der Waals surface area contributed by atoms with Crippen LogP contribution in [0, 0.1) is 6.92 Å². The zero-order valence-corrected chi connectivity index (χ0v) is 15.1. The second kappa shape index (κ2) is 7.16. The lowest BCUT2D eigenvalue weighted by molar-refractivity contribution is 0.0955. The summed E-state index contributed by atoms with van der Waals surface area (Å²) in [6.07, 6.45) is 3.33. The lowest BCUT2D eigenvalue weighted by Crippen LogP contribution is -2.21. The standard InChI is InChI=1S/C18H16N2O3S2/c1-13-4-6-15(7-5-13)25(22,23)17-9-8-16(24-17)18(21)20-12-14-3-2-10-19-11-14/h2-11H,12H2,1H3,(H,20,21). The molecule has 0 bridgehead atoms. The number of rotatable bonds is 5. The van der Waals surface area contributed by atoms with Crippen LogP contribution in [0.25, 0.3) is 0 Å². The number of carbonyl (C=O) groups excluding carboxylic acids is 1. The van der Waals surface area contributed by atoms with Crippen LogP contribution in [-0.4, -0.2) is 19.3 Å². The van der Waals surface area contributed by atoms with Crippen molar-refractivity contribution in [1.29, 1.82) is 0 Å². The van der Waals surface area contributed by atoms with Gasteiger partial charge in [0.2, 0.25) is 9.84 Å². The molecule has 3 rings (SSSR count). The lowest BCUT2D eigenvalue weighted by atomic mass is 10.2. The molecule has 0 aliphatic rings. The van der Waals surface area contributed by atoms with E-state index < -0.39 is 9.84 Å². The van der Waals surface area contributed by atoms with Gasteiger partial charge in [-0.25, -0.2) is 8.42 Å². The lowest BCUT2D eigenvalue weighted by Gasteiger charge is -2.03. The second-order valence-electron chi connectivity index (χ2n) is 5.48. The van der Waals surface area contributed by atoms with Crippen molar-refractivity contribution in [2.75, 3.05) is 0 Å². The highest BCUT2D eigenvalue weighted by atomic mass is 32.2. The van der Waals surface area contributed by atoms with Crippen LogP contribution in [0.1, 0.15) is 20.8 Å². The Hall–Kier alpha value is -2.51. The summed E-state index contributed by atoms with van der Waals surface area (Å²) in [5.74, 6) is -0.306. The first-order valence-corrected chi connectivity index (χ1v) is 9.85. The van der Waals surface area contributed by atoms with E-state index in [1.807, 2.05) is 13.0 Å². The predicted octanol–water partition coefficient (Wildman–Crippen LogP) is 3.21. The maximum Gasteiger partial charge on any atom is 0.261 e. The minimum Gasteiger partial charge on any atom is -0.347 e. The number of pyridine rings is 1. The molecule has 1 amide bonds. The van der Waals surface area contributed by atoms with Crippen LogP contribution in [0.15, 0.2) is 70.0 Å². The van der Waals surface area contributed by atoms with Crippen molar-refractivity contribution in [1.82, 2.24) is 10.3 Å². The van der Waals surface area contributed by atoms with Crippen LogP contribution in [0.2, 0.25) is 0 Å². The molecule has 0 spiro atoms. The monoisotopic (exact) mass is 372 g/mol. The topological polar surface area (TPSA) is 76.1 Å². The van der Waals surface area contributed by atoms with E-state index in [0.717, 1.165) is 22.5 Å². The molecular formula is C18H16N2O3S2. The third-order valence-electron chi connectivity index (χ3n) is 3.58. The van der Waals surface area contributed by atoms with E-state index in [4.69, 9.17) is 0 Å². The normalized spacial score (nSPS) is 11.2. The first-order chi connectivity index (χ1) is 12.0. The van der Waals surface area contributed by atoms with Gasteiger partial charge in [-0.15, -0.1) is 11.3 Å². The molecule has 0 saturated carbocycles. The Labute approximate surface area is 150 Å². The Morgan fingerprint density at radius 2 is 1.88 bits per heavy atom.